The Morgan fingerprint density at radius 3 is 3.09 bits per heavy atom. The van der Waals surface area contributed by atoms with Crippen molar-refractivity contribution < 1.29 is 4.90 Å². The number of hydrogen-bond donors (Lipinski definition) is 1. The van der Waals surface area contributed by atoms with Crippen molar-refractivity contribution in [1.82, 2.24) is 9.38 Å². The molecule has 1 fully saturated rings. The SMILES string of the molecule is O=c1cc(C[NH+]2CCc3sccc3[C@H]2C2CC2)nc2sccn12. The van der Waals surface area contributed by atoms with Gasteiger partial charge in [-0.3, -0.25) is 9.20 Å². The fraction of sp³-hybridized carbons (Fsp3) is 0.412. The van der Waals surface area contributed by atoms with E-state index in [1.54, 1.807) is 32.0 Å². The van der Waals surface area contributed by atoms with Crippen LogP contribution in [0.15, 0.2) is 33.9 Å². The number of nitrogens with zero attached hydrogens (tertiary/aromatic N) is 2. The van der Waals surface area contributed by atoms with Crippen LogP contribution >= 0.6 is 22.7 Å². The molecule has 3 aromatic rings. The van der Waals surface area contributed by atoms with Gasteiger partial charge in [0, 0.05) is 40.4 Å². The number of fused-ring (bicyclic) bond motifs is 2. The van der Waals surface area contributed by atoms with Crippen molar-refractivity contribution in [1.29, 1.82) is 0 Å². The number of thiazole rings is 1. The van der Waals surface area contributed by atoms with Crippen LogP contribution in [0.5, 0.6) is 0 Å². The number of aromatic nitrogens is 2. The zero-order valence-electron chi connectivity index (χ0n) is 12.7. The summed E-state index contributed by atoms with van der Waals surface area (Å²) in [5, 5.41) is 4.16. The van der Waals surface area contributed by atoms with Gasteiger partial charge in [-0.25, -0.2) is 4.98 Å². The minimum atomic E-state index is 0.0434. The van der Waals surface area contributed by atoms with Crippen molar-refractivity contribution in [3.05, 3.63) is 55.6 Å². The van der Waals surface area contributed by atoms with Gasteiger partial charge < -0.3 is 4.90 Å². The quantitative estimate of drug-likeness (QED) is 0.788. The molecule has 5 rings (SSSR count). The first kappa shape index (κ1) is 13.9. The lowest BCUT2D eigenvalue weighted by Crippen LogP contribution is -3.12. The lowest BCUT2D eigenvalue weighted by Gasteiger charge is -2.32. The number of nitrogens with one attached hydrogen (secondary N) is 1. The van der Waals surface area contributed by atoms with E-state index in [9.17, 15) is 4.79 Å². The Morgan fingerprint density at radius 2 is 2.22 bits per heavy atom. The number of hydrogen-bond acceptors (Lipinski definition) is 4. The third-order valence-electron chi connectivity index (χ3n) is 5.09. The van der Waals surface area contributed by atoms with Crippen LogP contribution in [-0.2, 0) is 13.0 Å². The molecular weight excluding hydrogens is 326 g/mol. The third-order valence-corrected chi connectivity index (χ3v) is 6.84. The highest BCUT2D eigenvalue weighted by molar-refractivity contribution is 7.15. The molecule has 3 aromatic heterocycles. The lowest BCUT2D eigenvalue weighted by atomic mass is 9.96. The van der Waals surface area contributed by atoms with Crippen molar-refractivity contribution in [3.63, 3.8) is 0 Å². The van der Waals surface area contributed by atoms with E-state index in [0.29, 0.717) is 6.04 Å². The first-order valence-corrected chi connectivity index (χ1v) is 9.92. The highest BCUT2D eigenvalue weighted by atomic mass is 32.1. The van der Waals surface area contributed by atoms with E-state index in [2.05, 4.69) is 11.4 Å². The maximum atomic E-state index is 12.2. The summed E-state index contributed by atoms with van der Waals surface area (Å²) >= 11 is 3.44. The summed E-state index contributed by atoms with van der Waals surface area (Å²) in [6, 6.07) is 4.65. The standard InChI is InChI=1S/C17H17N3OS2/c21-15-9-12(18-17-20(15)6-8-23-17)10-19-5-3-14-13(4-7-22-14)16(19)11-1-2-11/h4,6-9,11,16H,1-3,5,10H2/p+1/t16-/m1/s1. The van der Waals surface area contributed by atoms with Crippen LogP contribution in [0.1, 0.15) is 35.0 Å². The van der Waals surface area contributed by atoms with Gasteiger partial charge in [-0.05, 0) is 24.3 Å². The zero-order chi connectivity index (χ0) is 15.4. The molecule has 6 heteroatoms. The normalized spacial score (nSPS) is 24.0. The highest BCUT2D eigenvalue weighted by Crippen LogP contribution is 2.42. The predicted molar refractivity (Wildman–Crippen MR) is 92.4 cm³/mol. The highest BCUT2D eigenvalue weighted by Gasteiger charge is 2.43. The average molecular weight is 344 g/mol. The minimum Gasteiger partial charge on any atom is -0.323 e. The molecule has 4 heterocycles. The van der Waals surface area contributed by atoms with Crippen molar-refractivity contribution >= 4 is 27.6 Å². The molecule has 0 bridgehead atoms. The molecule has 0 saturated heterocycles. The first-order valence-electron chi connectivity index (χ1n) is 8.16. The molecule has 2 atom stereocenters. The van der Waals surface area contributed by atoms with Gasteiger partial charge in [0.15, 0.2) is 4.96 Å². The lowest BCUT2D eigenvalue weighted by molar-refractivity contribution is -0.949. The molecular formula is C17H18N3OS2+. The topological polar surface area (TPSA) is 38.8 Å². The molecule has 1 N–H and O–H groups in total. The van der Waals surface area contributed by atoms with E-state index < -0.39 is 0 Å². The van der Waals surface area contributed by atoms with Crippen molar-refractivity contribution in [3.8, 4) is 0 Å². The van der Waals surface area contributed by atoms with E-state index in [4.69, 9.17) is 4.98 Å². The molecule has 1 aliphatic heterocycles. The van der Waals surface area contributed by atoms with Gasteiger partial charge in [-0.15, -0.1) is 22.7 Å². The van der Waals surface area contributed by atoms with Crippen LogP contribution in [-0.4, -0.2) is 15.9 Å². The number of quaternary nitrogens is 1. The Hall–Kier alpha value is -1.50. The second kappa shape index (κ2) is 5.26. The first-order chi connectivity index (χ1) is 11.3. The average Bonchev–Trinajstić information content (AvgIpc) is 3.07. The van der Waals surface area contributed by atoms with Crippen LogP contribution < -0.4 is 10.5 Å². The molecule has 1 aliphatic carbocycles. The molecule has 118 valence electrons. The Kier molecular flexibility index (Phi) is 3.18. The van der Waals surface area contributed by atoms with Gasteiger partial charge in [0.2, 0.25) is 0 Å². The Balaban J connectivity index is 1.50. The summed E-state index contributed by atoms with van der Waals surface area (Å²) < 4.78 is 1.63. The molecule has 0 amide bonds. The predicted octanol–water partition coefficient (Wildman–Crippen LogP) is 1.91. The second-order valence-corrected chi connectivity index (χ2v) is 8.46. The summed E-state index contributed by atoms with van der Waals surface area (Å²) in [7, 11) is 0. The molecule has 0 spiro atoms. The molecule has 0 aromatic carbocycles. The van der Waals surface area contributed by atoms with Gasteiger partial charge in [0.25, 0.3) is 5.56 Å². The van der Waals surface area contributed by atoms with Crippen LogP contribution in [0.3, 0.4) is 0 Å². The molecule has 0 radical (unpaired) electrons. The van der Waals surface area contributed by atoms with Crippen molar-refractivity contribution in [2.45, 2.75) is 31.8 Å². The van der Waals surface area contributed by atoms with Gasteiger partial charge in [-0.1, -0.05) is 0 Å². The van der Waals surface area contributed by atoms with Crippen LogP contribution in [0.25, 0.3) is 4.96 Å². The summed E-state index contributed by atoms with van der Waals surface area (Å²) in [6.45, 7) is 2.01. The van der Waals surface area contributed by atoms with Crippen LogP contribution in [0.4, 0.5) is 0 Å². The molecule has 1 unspecified atom stereocenters. The van der Waals surface area contributed by atoms with Crippen molar-refractivity contribution in [2.75, 3.05) is 6.54 Å². The summed E-state index contributed by atoms with van der Waals surface area (Å²) in [5.74, 6) is 0.824. The largest absolute Gasteiger partial charge is 0.323 e. The van der Waals surface area contributed by atoms with Gasteiger partial charge >= 0.3 is 0 Å². The van der Waals surface area contributed by atoms with E-state index in [0.717, 1.165) is 36.1 Å². The Morgan fingerprint density at radius 1 is 1.30 bits per heavy atom. The number of thiophene rings is 1. The molecule has 23 heavy (non-hydrogen) atoms. The van der Waals surface area contributed by atoms with E-state index in [1.807, 2.05) is 16.7 Å². The zero-order valence-corrected chi connectivity index (χ0v) is 14.3. The third kappa shape index (κ3) is 2.36. The van der Waals surface area contributed by atoms with Gasteiger partial charge in [0.1, 0.15) is 18.3 Å². The second-order valence-electron chi connectivity index (χ2n) is 6.59. The number of rotatable bonds is 3. The minimum absolute atomic E-state index is 0.0434. The monoisotopic (exact) mass is 344 g/mol. The van der Waals surface area contributed by atoms with E-state index >= 15 is 0 Å². The molecule has 1 saturated carbocycles. The van der Waals surface area contributed by atoms with Gasteiger partial charge in [-0.2, -0.15) is 0 Å². The summed E-state index contributed by atoms with van der Waals surface area (Å²) in [5.41, 5.74) is 2.55. The fourth-order valence-corrected chi connectivity index (χ4v) is 5.58. The van der Waals surface area contributed by atoms with E-state index in [-0.39, 0.29) is 5.56 Å². The van der Waals surface area contributed by atoms with Crippen LogP contribution in [0.2, 0.25) is 0 Å². The summed E-state index contributed by atoms with van der Waals surface area (Å²) in [4.78, 5) is 20.9. The molecule has 4 nitrogen and oxygen atoms in total. The fourth-order valence-electron chi connectivity index (χ4n) is 3.91. The smallest absolute Gasteiger partial charge is 0.258 e. The Labute approximate surface area is 142 Å². The summed E-state index contributed by atoms with van der Waals surface area (Å²) in [6.07, 6.45) is 5.66. The van der Waals surface area contributed by atoms with Gasteiger partial charge in [0.05, 0.1) is 6.54 Å². The Bertz CT molecular complexity index is 921. The maximum absolute atomic E-state index is 12.2. The van der Waals surface area contributed by atoms with E-state index in [1.165, 1.54) is 24.2 Å². The van der Waals surface area contributed by atoms with Crippen molar-refractivity contribution in [2.24, 2.45) is 5.92 Å². The maximum Gasteiger partial charge on any atom is 0.258 e. The van der Waals surface area contributed by atoms with Crippen LogP contribution in [0, 0.1) is 5.92 Å². The molecule has 2 aliphatic rings.